The summed E-state index contributed by atoms with van der Waals surface area (Å²) in [5.41, 5.74) is 1.49. The van der Waals surface area contributed by atoms with Gasteiger partial charge in [0.15, 0.2) is 0 Å². The highest BCUT2D eigenvalue weighted by Crippen LogP contribution is 2.35. The maximum absolute atomic E-state index is 14.9. The van der Waals surface area contributed by atoms with E-state index >= 15 is 0 Å². The fraction of sp³-hybridized carbons (Fsp3) is 0.400. The number of esters is 2. The molecule has 1 aromatic carbocycles. The van der Waals surface area contributed by atoms with Crippen LogP contribution in [-0.4, -0.2) is 66.8 Å². The molecule has 0 fully saturated rings. The highest BCUT2D eigenvalue weighted by atomic mass is 19.1. The van der Waals surface area contributed by atoms with Crippen LogP contribution in [0.25, 0.3) is 0 Å². The van der Waals surface area contributed by atoms with Gasteiger partial charge in [0.1, 0.15) is 23.7 Å². The molecular weight excluding hydrogens is 411 g/mol. The maximum Gasteiger partial charge on any atom is 0.329 e. The summed E-state index contributed by atoms with van der Waals surface area (Å²) < 4.78 is 29.2. The van der Waals surface area contributed by atoms with E-state index in [1.165, 1.54) is 37.6 Å². The van der Waals surface area contributed by atoms with Crippen molar-refractivity contribution < 1.29 is 33.0 Å². The predicted octanol–water partition coefficient (Wildman–Crippen LogP) is 1.32. The smallest absolute Gasteiger partial charge is 0.329 e. The number of rotatable bonds is 6. The van der Waals surface area contributed by atoms with Gasteiger partial charge in [-0.25, -0.2) is 19.0 Å². The van der Waals surface area contributed by atoms with Crippen LogP contribution in [-0.2, 0) is 25.5 Å². The number of hydrogen-bond acceptors (Lipinski definition) is 7. The summed E-state index contributed by atoms with van der Waals surface area (Å²) in [4.78, 5) is 45.5. The predicted molar refractivity (Wildman–Crippen MR) is 105 cm³/mol. The zero-order valence-electron chi connectivity index (χ0n) is 17.3. The van der Waals surface area contributed by atoms with Crippen LogP contribution in [0, 0.1) is 5.82 Å². The van der Waals surface area contributed by atoms with Crippen molar-refractivity contribution in [2.24, 2.45) is 0 Å². The van der Waals surface area contributed by atoms with Gasteiger partial charge in [-0.15, -0.1) is 0 Å². The molecule has 0 spiro atoms. The van der Waals surface area contributed by atoms with Gasteiger partial charge < -0.3 is 29.4 Å². The van der Waals surface area contributed by atoms with Crippen molar-refractivity contribution >= 4 is 18.0 Å². The Morgan fingerprint density at radius 3 is 2.71 bits per heavy atom. The van der Waals surface area contributed by atoms with E-state index in [1.54, 1.807) is 6.07 Å². The van der Waals surface area contributed by atoms with Crippen molar-refractivity contribution in [3.63, 3.8) is 0 Å². The Morgan fingerprint density at radius 1 is 1.29 bits per heavy atom. The molecule has 2 amide bonds. The first kappa shape index (κ1) is 22.1. The van der Waals surface area contributed by atoms with Crippen molar-refractivity contribution in [1.29, 1.82) is 0 Å². The molecule has 0 bridgehead atoms. The first-order valence-electron chi connectivity index (χ1n) is 9.47. The van der Waals surface area contributed by atoms with Crippen molar-refractivity contribution in [3.8, 4) is 5.75 Å². The van der Waals surface area contributed by atoms with Crippen LogP contribution in [0.1, 0.15) is 29.4 Å². The van der Waals surface area contributed by atoms with E-state index in [1.807, 2.05) is 0 Å². The highest BCUT2D eigenvalue weighted by molar-refractivity contribution is 5.87. The van der Waals surface area contributed by atoms with Crippen LogP contribution < -0.4 is 10.1 Å². The number of hydrogen-bond donors (Lipinski definition) is 2. The lowest BCUT2D eigenvalue weighted by atomic mass is 9.95. The number of nitrogens with zero attached hydrogens (tertiary/aromatic N) is 2. The molecule has 0 saturated heterocycles. The number of ether oxygens (including phenoxy) is 3. The molecule has 1 aromatic heterocycles. The van der Waals surface area contributed by atoms with E-state index in [2.05, 4.69) is 24.8 Å². The molecule has 2 N–H and O–H groups in total. The molecule has 2 unspecified atom stereocenters. The molecular formula is C20H23FN4O6. The number of carbonyl (C=O) groups excluding carboxylic acids is 3. The van der Waals surface area contributed by atoms with Crippen molar-refractivity contribution in [3.05, 3.63) is 47.3 Å². The Balaban J connectivity index is 1.93. The lowest BCUT2D eigenvalue weighted by molar-refractivity contribution is -0.149. The number of nitrogens with one attached hydrogen (secondary N) is 2. The third-order valence-electron chi connectivity index (χ3n) is 5.07. The minimum Gasteiger partial charge on any atom is -0.497 e. The maximum atomic E-state index is 14.9. The van der Waals surface area contributed by atoms with Gasteiger partial charge in [-0.05, 0) is 12.1 Å². The van der Waals surface area contributed by atoms with Crippen LogP contribution in [0.3, 0.4) is 0 Å². The molecule has 1 aliphatic rings. The lowest BCUT2D eigenvalue weighted by Crippen LogP contribution is -2.52. The Morgan fingerprint density at radius 2 is 2.06 bits per heavy atom. The molecule has 1 aliphatic heterocycles. The molecule has 10 nitrogen and oxygen atoms in total. The average molecular weight is 434 g/mol. The van der Waals surface area contributed by atoms with E-state index in [0.29, 0.717) is 17.9 Å². The second kappa shape index (κ2) is 9.45. The molecule has 2 heterocycles. The fourth-order valence-corrected chi connectivity index (χ4v) is 3.48. The van der Waals surface area contributed by atoms with Gasteiger partial charge in [0.2, 0.25) is 0 Å². The number of imidazole rings is 1. The Bertz CT molecular complexity index is 978. The monoisotopic (exact) mass is 434 g/mol. The van der Waals surface area contributed by atoms with Crippen molar-refractivity contribution in [1.82, 2.24) is 20.2 Å². The second-order valence-corrected chi connectivity index (χ2v) is 6.81. The van der Waals surface area contributed by atoms with Gasteiger partial charge in [-0.1, -0.05) is 0 Å². The molecule has 3 rings (SSSR count). The summed E-state index contributed by atoms with van der Waals surface area (Å²) in [6, 6.07) is 1.55. The second-order valence-electron chi connectivity index (χ2n) is 6.81. The molecule has 0 aliphatic carbocycles. The van der Waals surface area contributed by atoms with Crippen LogP contribution in [0.5, 0.6) is 5.75 Å². The lowest BCUT2D eigenvalue weighted by Gasteiger charge is -2.36. The van der Waals surface area contributed by atoms with Crippen molar-refractivity contribution in [2.75, 3.05) is 27.9 Å². The highest BCUT2D eigenvalue weighted by Gasteiger charge is 2.37. The topological polar surface area (TPSA) is 123 Å². The first-order chi connectivity index (χ1) is 14.9. The number of aromatic nitrogens is 2. The van der Waals surface area contributed by atoms with E-state index in [0.717, 1.165) is 12.8 Å². The number of carbonyl (C=O) groups is 3. The van der Waals surface area contributed by atoms with E-state index in [-0.39, 0.29) is 12.1 Å². The Labute approximate surface area is 177 Å². The van der Waals surface area contributed by atoms with Crippen LogP contribution in [0.2, 0.25) is 0 Å². The molecule has 0 radical (unpaired) electrons. The normalized spacial score (nSPS) is 16.1. The summed E-state index contributed by atoms with van der Waals surface area (Å²) in [5, 5.41) is 2.49. The average Bonchev–Trinajstić information content (AvgIpc) is 3.26. The van der Waals surface area contributed by atoms with E-state index in [9.17, 15) is 18.8 Å². The molecule has 11 heteroatoms. The number of halogens is 1. The van der Waals surface area contributed by atoms with Gasteiger partial charge in [0.05, 0.1) is 39.8 Å². The first-order valence-corrected chi connectivity index (χ1v) is 9.47. The number of fused-ring (bicyclic) bond motifs is 1. The molecule has 166 valence electrons. The Kier molecular flexibility index (Phi) is 6.73. The minimum absolute atomic E-state index is 0.214. The fourth-order valence-electron chi connectivity index (χ4n) is 3.48. The molecule has 0 saturated carbocycles. The molecule has 2 aromatic rings. The van der Waals surface area contributed by atoms with Gasteiger partial charge in [-0.3, -0.25) is 4.79 Å². The number of methoxy groups -OCH3 is 3. The summed E-state index contributed by atoms with van der Waals surface area (Å²) >= 11 is 0. The number of aromatic amines is 1. The van der Waals surface area contributed by atoms with Crippen LogP contribution >= 0.6 is 0 Å². The standard InChI is InChI=1S/C20H23FN4O6/c1-29-11-4-5-12(13(21)8-11)18-17-14(22-10-23-17)6-7-25(18)20(28)24-15(19(27)31-3)9-16(26)30-2/h4-5,8,10,15,18H,6-7,9H2,1-3H3,(H,22,23)(H,24,28). The number of benzene rings is 1. The van der Waals surface area contributed by atoms with Gasteiger partial charge in [-0.2, -0.15) is 0 Å². The zero-order chi connectivity index (χ0) is 22.5. The number of urea groups is 1. The Hall–Kier alpha value is -3.63. The molecule has 31 heavy (non-hydrogen) atoms. The summed E-state index contributed by atoms with van der Waals surface area (Å²) in [7, 11) is 3.74. The SMILES string of the molecule is COC(=O)CC(NC(=O)N1CCc2[nH]cnc2C1c1ccc(OC)cc1F)C(=O)OC. The van der Waals surface area contributed by atoms with Crippen LogP contribution in [0.15, 0.2) is 24.5 Å². The third kappa shape index (κ3) is 4.60. The summed E-state index contributed by atoms with van der Waals surface area (Å²) in [6.45, 7) is 0.225. The van der Waals surface area contributed by atoms with Gasteiger partial charge in [0.25, 0.3) is 0 Å². The minimum atomic E-state index is -1.26. The van der Waals surface area contributed by atoms with Crippen LogP contribution in [0.4, 0.5) is 9.18 Å². The van der Waals surface area contributed by atoms with E-state index < -0.39 is 42.3 Å². The zero-order valence-corrected chi connectivity index (χ0v) is 17.3. The van der Waals surface area contributed by atoms with E-state index in [4.69, 9.17) is 4.74 Å². The molecule has 2 atom stereocenters. The largest absolute Gasteiger partial charge is 0.497 e. The quantitative estimate of drug-likeness (QED) is 0.658. The summed E-state index contributed by atoms with van der Waals surface area (Å²) in [5.74, 6) is -1.73. The summed E-state index contributed by atoms with van der Waals surface area (Å²) in [6.07, 6.45) is 1.53. The van der Waals surface area contributed by atoms with Crippen molar-refractivity contribution in [2.45, 2.75) is 24.9 Å². The third-order valence-corrected chi connectivity index (χ3v) is 5.07. The van der Waals surface area contributed by atoms with Gasteiger partial charge >= 0.3 is 18.0 Å². The number of amides is 2. The number of H-pyrrole nitrogens is 1. The van der Waals surface area contributed by atoms with Gasteiger partial charge in [0, 0.05) is 30.3 Å².